The number of alkyl halides is 6. The van der Waals surface area contributed by atoms with Gasteiger partial charge in [-0.3, -0.25) is 0 Å². The first-order chi connectivity index (χ1) is 8.50. The molecule has 0 aliphatic heterocycles. The highest BCUT2D eigenvalue weighted by Crippen LogP contribution is 2.40. The second-order valence-corrected chi connectivity index (χ2v) is 3.32. The highest BCUT2D eigenvalue weighted by molar-refractivity contribution is 5.90. The topological polar surface area (TPSA) is 61.1 Å². The van der Waals surface area contributed by atoms with E-state index in [0.717, 1.165) is 6.07 Å². The average molecular weight is 283 g/mol. The first-order valence-electron chi connectivity index (χ1n) is 4.45. The van der Waals surface area contributed by atoms with Crippen LogP contribution in [-0.2, 0) is 12.4 Å². The van der Waals surface area contributed by atoms with Gasteiger partial charge in [0, 0.05) is 0 Å². The fourth-order valence-electron chi connectivity index (χ4n) is 1.43. The summed E-state index contributed by atoms with van der Waals surface area (Å²) in [6.07, 6.45) is -10.6. The van der Waals surface area contributed by atoms with Crippen LogP contribution in [0.3, 0.4) is 0 Å². The molecule has 0 atom stereocenters. The first-order valence-corrected chi connectivity index (χ1v) is 4.45. The molecule has 9 heteroatoms. The van der Waals surface area contributed by atoms with E-state index in [4.69, 9.17) is 10.4 Å². The van der Waals surface area contributed by atoms with Gasteiger partial charge in [-0.2, -0.15) is 31.6 Å². The molecule has 0 fully saturated rings. The molecule has 0 aliphatic rings. The van der Waals surface area contributed by atoms with Crippen LogP contribution in [0.2, 0.25) is 0 Å². The number of aromatic carboxylic acids is 1. The van der Waals surface area contributed by atoms with Gasteiger partial charge in [0.15, 0.2) is 0 Å². The molecule has 0 saturated heterocycles. The van der Waals surface area contributed by atoms with Crippen molar-refractivity contribution in [1.82, 2.24) is 0 Å². The Balaban J connectivity index is 3.82. The molecule has 3 nitrogen and oxygen atoms in total. The minimum absolute atomic E-state index is 0.136. The van der Waals surface area contributed by atoms with E-state index in [9.17, 15) is 31.1 Å². The first kappa shape index (κ1) is 14.8. The summed E-state index contributed by atoms with van der Waals surface area (Å²) in [5.41, 5.74) is -7.08. The number of benzene rings is 1. The molecule has 0 saturated carbocycles. The maximum atomic E-state index is 12.6. The Bertz CT molecular complexity index is 567. The van der Waals surface area contributed by atoms with E-state index >= 15 is 0 Å². The van der Waals surface area contributed by atoms with Crippen molar-refractivity contribution < 1.29 is 36.2 Å². The Morgan fingerprint density at radius 3 is 1.95 bits per heavy atom. The number of hydrogen-bond donors (Lipinski definition) is 1. The van der Waals surface area contributed by atoms with E-state index in [1.165, 1.54) is 0 Å². The molecule has 0 heterocycles. The van der Waals surface area contributed by atoms with Crippen molar-refractivity contribution in [3.05, 3.63) is 34.4 Å². The van der Waals surface area contributed by atoms with Crippen molar-refractivity contribution in [1.29, 1.82) is 5.26 Å². The number of carbonyl (C=O) groups is 1. The van der Waals surface area contributed by atoms with Crippen molar-refractivity contribution >= 4 is 5.97 Å². The van der Waals surface area contributed by atoms with Crippen LogP contribution in [0, 0.1) is 11.3 Å². The van der Waals surface area contributed by atoms with Gasteiger partial charge < -0.3 is 5.11 Å². The van der Waals surface area contributed by atoms with Gasteiger partial charge in [0.2, 0.25) is 0 Å². The molecule has 1 aromatic rings. The van der Waals surface area contributed by atoms with Crippen LogP contribution >= 0.6 is 0 Å². The molecule has 19 heavy (non-hydrogen) atoms. The van der Waals surface area contributed by atoms with Gasteiger partial charge in [-0.25, -0.2) is 4.79 Å². The van der Waals surface area contributed by atoms with Gasteiger partial charge in [-0.15, -0.1) is 0 Å². The van der Waals surface area contributed by atoms with E-state index in [1.54, 1.807) is 0 Å². The molecule has 1 N–H and O–H groups in total. The van der Waals surface area contributed by atoms with Crippen LogP contribution in [0.4, 0.5) is 26.3 Å². The Morgan fingerprint density at radius 2 is 1.63 bits per heavy atom. The predicted octanol–water partition coefficient (Wildman–Crippen LogP) is 3.29. The zero-order valence-electron chi connectivity index (χ0n) is 8.73. The summed E-state index contributed by atoms with van der Waals surface area (Å²) < 4.78 is 75.3. The molecule has 0 aliphatic carbocycles. The number of nitrogens with zero attached hydrogens (tertiary/aromatic N) is 1. The zero-order valence-corrected chi connectivity index (χ0v) is 8.73. The van der Waals surface area contributed by atoms with E-state index in [1.807, 2.05) is 0 Å². The lowest BCUT2D eigenvalue weighted by atomic mass is 9.95. The summed E-state index contributed by atoms with van der Waals surface area (Å²) in [5.74, 6) is -2.07. The number of hydrogen-bond acceptors (Lipinski definition) is 2. The number of carboxylic acid groups (broad SMARTS) is 1. The van der Waals surface area contributed by atoms with Gasteiger partial charge in [0.25, 0.3) is 0 Å². The van der Waals surface area contributed by atoms with Gasteiger partial charge in [0.1, 0.15) is 6.07 Å². The summed E-state index contributed by atoms with van der Waals surface area (Å²) >= 11 is 0. The lowest BCUT2D eigenvalue weighted by Crippen LogP contribution is -2.19. The fraction of sp³-hybridized carbons (Fsp3) is 0.200. The molecule has 1 aromatic carbocycles. The Morgan fingerprint density at radius 1 is 1.11 bits per heavy atom. The van der Waals surface area contributed by atoms with Crippen molar-refractivity contribution in [2.75, 3.05) is 0 Å². The van der Waals surface area contributed by atoms with Gasteiger partial charge in [-0.1, -0.05) is 0 Å². The third-order valence-electron chi connectivity index (χ3n) is 2.14. The third kappa shape index (κ3) is 2.78. The summed E-state index contributed by atoms with van der Waals surface area (Å²) in [7, 11) is 0. The molecule has 0 amide bonds. The van der Waals surface area contributed by atoms with E-state index in [-0.39, 0.29) is 12.1 Å². The smallest absolute Gasteiger partial charge is 0.418 e. The Hall–Kier alpha value is -2.24. The number of carboxylic acids is 1. The van der Waals surface area contributed by atoms with Crippen LogP contribution < -0.4 is 0 Å². The van der Waals surface area contributed by atoms with Crippen LogP contribution in [-0.4, -0.2) is 11.1 Å². The van der Waals surface area contributed by atoms with Gasteiger partial charge >= 0.3 is 18.3 Å². The monoisotopic (exact) mass is 283 g/mol. The highest BCUT2D eigenvalue weighted by Gasteiger charge is 2.44. The van der Waals surface area contributed by atoms with E-state index < -0.39 is 40.6 Å². The Labute approximate surface area is 101 Å². The summed E-state index contributed by atoms with van der Waals surface area (Å²) in [6.45, 7) is 0. The summed E-state index contributed by atoms with van der Waals surface area (Å²) in [4.78, 5) is 10.6. The van der Waals surface area contributed by atoms with Gasteiger partial charge in [-0.05, 0) is 12.1 Å². The standard InChI is InChI=1S/C10H3F6NO2/c11-9(12,13)6-2-1-4(8(18)19)7(5(6)3-17)10(14,15)16/h1-2H,(H,18,19). The molecule has 0 bridgehead atoms. The van der Waals surface area contributed by atoms with Gasteiger partial charge in [0.05, 0.1) is 22.3 Å². The van der Waals surface area contributed by atoms with Crippen LogP contribution in [0.15, 0.2) is 12.1 Å². The maximum Gasteiger partial charge on any atom is 0.418 e. The lowest BCUT2D eigenvalue weighted by Gasteiger charge is -2.16. The third-order valence-corrected chi connectivity index (χ3v) is 2.14. The summed E-state index contributed by atoms with van der Waals surface area (Å²) in [5, 5.41) is 17.0. The molecular formula is C10H3F6NO2. The van der Waals surface area contributed by atoms with Crippen molar-refractivity contribution in [3.8, 4) is 6.07 Å². The van der Waals surface area contributed by atoms with Crippen molar-refractivity contribution in [2.24, 2.45) is 0 Å². The molecule has 0 radical (unpaired) electrons. The second kappa shape index (κ2) is 4.46. The molecule has 1 rings (SSSR count). The lowest BCUT2D eigenvalue weighted by molar-refractivity contribution is -0.143. The summed E-state index contributed by atoms with van der Waals surface area (Å²) in [6, 6.07) is 1.08. The minimum Gasteiger partial charge on any atom is -0.478 e. The van der Waals surface area contributed by atoms with E-state index in [2.05, 4.69) is 0 Å². The normalized spacial score (nSPS) is 12.1. The molecular weight excluding hydrogens is 280 g/mol. The molecule has 0 unspecified atom stereocenters. The molecule has 102 valence electrons. The van der Waals surface area contributed by atoms with Crippen LogP contribution in [0.1, 0.15) is 27.0 Å². The number of nitriles is 1. The quantitative estimate of drug-likeness (QED) is 0.804. The maximum absolute atomic E-state index is 12.6. The van der Waals surface area contributed by atoms with Crippen LogP contribution in [0.5, 0.6) is 0 Å². The molecule has 0 spiro atoms. The van der Waals surface area contributed by atoms with E-state index in [0.29, 0.717) is 0 Å². The van der Waals surface area contributed by atoms with Crippen LogP contribution in [0.25, 0.3) is 0 Å². The minimum atomic E-state index is -5.39. The molecule has 0 aromatic heterocycles. The highest BCUT2D eigenvalue weighted by atomic mass is 19.4. The largest absolute Gasteiger partial charge is 0.478 e. The fourth-order valence-corrected chi connectivity index (χ4v) is 1.43. The number of halogens is 6. The average Bonchev–Trinajstić information content (AvgIpc) is 2.24. The SMILES string of the molecule is N#Cc1c(C(F)(F)F)ccc(C(=O)O)c1C(F)(F)F. The van der Waals surface area contributed by atoms with Crippen molar-refractivity contribution in [2.45, 2.75) is 12.4 Å². The van der Waals surface area contributed by atoms with Crippen molar-refractivity contribution in [3.63, 3.8) is 0 Å². The Kier molecular flexibility index (Phi) is 3.48. The predicted molar refractivity (Wildman–Crippen MR) is 48.1 cm³/mol. The zero-order chi connectivity index (χ0) is 15.0. The second-order valence-electron chi connectivity index (χ2n) is 3.32. The number of rotatable bonds is 1.